The lowest BCUT2D eigenvalue weighted by atomic mass is 10.7. The summed E-state index contributed by atoms with van der Waals surface area (Å²) in [4.78, 5) is 13.6. The van der Waals surface area contributed by atoms with Crippen LogP contribution in [0.3, 0.4) is 0 Å². The molecule has 3 nitrogen and oxygen atoms in total. The quantitative estimate of drug-likeness (QED) is 0.527. The number of carbonyl (C=O) groups is 1. The van der Waals surface area contributed by atoms with Gasteiger partial charge in [0.2, 0.25) is 5.91 Å². The zero-order valence-electron chi connectivity index (χ0n) is 3.96. The van der Waals surface area contributed by atoms with Crippen molar-refractivity contribution < 1.29 is 4.79 Å². The zero-order chi connectivity index (χ0) is 4.41. The second kappa shape index (κ2) is 4.87. The molecule has 1 N–H and O–H groups in total. The van der Waals surface area contributed by atoms with Crippen molar-refractivity contribution in [3.05, 3.63) is 0 Å². The van der Waals surface area contributed by atoms with Crippen LogP contribution in [-0.2, 0) is 4.79 Å². The highest BCUT2D eigenvalue weighted by atomic mass is 35.5. The SMILES string of the molecule is Cl.Cl.O=C1CN=CN1. The molecule has 0 aromatic heterocycles. The highest BCUT2D eigenvalue weighted by Crippen LogP contribution is 1.73. The molecular weight excluding hydrogens is 151 g/mol. The summed E-state index contributed by atoms with van der Waals surface area (Å²) in [6.45, 7) is 0.306. The minimum atomic E-state index is -0.0185. The molecule has 48 valence electrons. The topological polar surface area (TPSA) is 41.5 Å². The van der Waals surface area contributed by atoms with Crippen LogP contribution in [0.2, 0.25) is 0 Å². The second-order valence-corrected chi connectivity index (χ2v) is 1.04. The Morgan fingerprint density at radius 3 is 2.38 bits per heavy atom. The summed E-state index contributed by atoms with van der Waals surface area (Å²) < 4.78 is 0. The fourth-order valence-corrected chi connectivity index (χ4v) is 0.292. The molecular formula is C3H6Cl2N2O. The normalized spacial score (nSPS) is 13.8. The van der Waals surface area contributed by atoms with E-state index in [4.69, 9.17) is 0 Å². The highest BCUT2D eigenvalue weighted by molar-refractivity contribution is 5.93. The lowest BCUT2D eigenvalue weighted by Gasteiger charge is -1.76. The summed E-state index contributed by atoms with van der Waals surface area (Å²) >= 11 is 0. The van der Waals surface area contributed by atoms with Crippen molar-refractivity contribution in [1.29, 1.82) is 0 Å². The molecule has 1 aliphatic rings. The molecule has 0 spiro atoms. The van der Waals surface area contributed by atoms with Gasteiger partial charge in [-0.1, -0.05) is 0 Å². The maximum atomic E-state index is 10.0. The summed E-state index contributed by atoms with van der Waals surface area (Å²) in [5.41, 5.74) is 0. The van der Waals surface area contributed by atoms with Gasteiger partial charge in [-0.15, -0.1) is 24.8 Å². The number of amides is 1. The van der Waals surface area contributed by atoms with Gasteiger partial charge < -0.3 is 5.32 Å². The maximum Gasteiger partial charge on any atom is 0.246 e. The van der Waals surface area contributed by atoms with Crippen LogP contribution in [0.4, 0.5) is 0 Å². The van der Waals surface area contributed by atoms with Crippen LogP contribution < -0.4 is 5.32 Å². The molecule has 0 bridgehead atoms. The van der Waals surface area contributed by atoms with Gasteiger partial charge in [0.1, 0.15) is 6.54 Å². The van der Waals surface area contributed by atoms with Crippen molar-refractivity contribution in [3.63, 3.8) is 0 Å². The van der Waals surface area contributed by atoms with Crippen LogP contribution in [0.1, 0.15) is 0 Å². The third-order valence-electron chi connectivity index (χ3n) is 0.552. The molecule has 5 heteroatoms. The summed E-state index contributed by atoms with van der Waals surface area (Å²) in [5.74, 6) is -0.0185. The van der Waals surface area contributed by atoms with Gasteiger partial charge in [0.15, 0.2) is 0 Å². The van der Waals surface area contributed by atoms with Crippen molar-refractivity contribution >= 4 is 37.1 Å². The second-order valence-electron chi connectivity index (χ2n) is 1.04. The van der Waals surface area contributed by atoms with Crippen LogP contribution in [0, 0.1) is 0 Å². The number of carbonyl (C=O) groups excluding carboxylic acids is 1. The molecule has 8 heavy (non-hydrogen) atoms. The molecule has 0 radical (unpaired) electrons. The van der Waals surface area contributed by atoms with Gasteiger partial charge in [-0.2, -0.15) is 0 Å². The number of hydrogen-bond acceptors (Lipinski definition) is 2. The van der Waals surface area contributed by atoms with E-state index in [-0.39, 0.29) is 30.7 Å². The molecule has 0 saturated carbocycles. The van der Waals surface area contributed by atoms with Gasteiger partial charge in [0.25, 0.3) is 0 Å². The lowest BCUT2D eigenvalue weighted by Crippen LogP contribution is -2.15. The van der Waals surface area contributed by atoms with Gasteiger partial charge in [0, 0.05) is 0 Å². The van der Waals surface area contributed by atoms with E-state index >= 15 is 0 Å². The van der Waals surface area contributed by atoms with Gasteiger partial charge in [-0.25, -0.2) is 0 Å². The Morgan fingerprint density at radius 2 is 2.25 bits per heavy atom. The Bertz CT molecular complexity index is 93.5. The Labute approximate surface area is 59.4 Å². The number of nitrogens with zero attached hydrogens (tertiary/aromatic N) is 1. The molecule has 0 saturated heterocycles. The van der Waals surface area contributed by atoms with Crippen LogP contribution in [0.5, 0.6) is 0 Å². The molecule has 0 atom stereocenters. The van der Waals surface area contributed by atoms with Gasteiger partial charge in [-0.3, -0.25) is 9.79 Å². The largest absolute Gasteiger partial charge is 0.316 e. The number of hydrogen-bond donors (Lipinski definition) is 1. The third-order valence-corrected chi connectivity index (χ3v) is 0.552. The van der Waals surface area contributed by atoms with Crippen LogP contribution in [0.15, 0.2) is 4.99 Å². The van der Waals surface area contributed by atoms with E-state index in [1.807, 2.05) is 0 Å². The average Bonchev–Trinajstić information content (AvgIpc) is 1.86. The van der Waals surface area contributed by atoms with E-state index in [1.54, 1.807) is 0 Å². The Balaban J connectivity index is 0. The molecule has 0 fully saturated rings. The molecule has 1 amide bonds. The molecule has 0 aliphatic carbocycles. The maximum absolute atomic E-state index is 10.0. The first-order chi connectivity index (χ1) is 2.89. The van der Waals surface area contributed by atoms with Crippen molar-refractivity contribution in [2.75, 3.05) is 6.54 Å². The standard InChI is InChI=1S/C3H4N2O.2ClH/c6-3-1-4-2-5-3;;/h2H,1H2,(H,4,5,6);2*1H. The Hall–Kier alpha value is -0.280. The van der Waals surface area contributed by atoms with Crippen molar-refractivity contribution in [2.24, 2.45) is 4.99 Å². The fraction of sp³-hybridized carbons (Fsp3) is 0.333. The van der Waals surface area contributed by atoms with Crippen LogP contribution >= 0.6 is 24.8 Å². The molecule has 0 unspecified atom stereocenters. The van der Waals surface area contributed by atoms with Gasteiger partial charge in [-0.05, 0) is 0 Å². The third kappa shape index (κ3) is 2.82. The first kappa shape index (κ1) is 10.7. The highest BCUT2D eigenvalue weighted by Gasteiger charge is 1.98. The summed E-state index contributed by atoms with van der Waals surface area (Å²) in [6, 6.07) is 0. The summed E-state index contributed by atoms with van der Waals surface area (Å²) in [6.07, 6.45) is 1.41. The molecule has 0 aromatic rings. The number of aliphatic imine (C=N–C) groups is 1. The van der Waals surface area contributed by atoms with Crippen molar-refractivity contribution in [1.82, 2.24) is 5.32 Å². The average molecular weight is 157 g/mol. The Kier molecular flexibility index (Phi) is 6.48. The van der Waals surface area contributed by atoms with E-state index in [9.17, 15) is 4.79 Å². The number of rotatable bonds is 0. The molecule has 1 heterocycles. The fourth-order valence-electron chi connectivity index (χ4n) is 0.292. The van der Waals surface area contributed by atoms with E-state index in [0.717, 1.165) is 0 Å². The number of halogens is 2. The van der Waals surface area contributed by atoms with Crippen molar-refractivity contribution in [2.45, 2.75) is 0 Å². The van der Waals surface area contributed by atoms with Gasteiger partial charge in [0.05, 0.1) is 6.34 Å². The van der Waals surface area contributed by atoms with Gasteiger partial charge >= 0.3 is 0 Å². The first-order valence-electron chi connectivity index (χ1n) is 1.67. The first-order valence-corrected chi connectivity index (χ1v) is 1.67. The monoisotopic (exact) mass is 156 g/mol. The Morgan fingerprint density at radius 1 is 1.62 bits per heavy atom. The molecule has 1 rings (SSSR count). The van der Waals surface area contributed by atoms with E-state index in [1.165, 1.54) is 6.34 Å². The zero-order valence-corrected chi connectivity index (χ0v) is 5.59. The minimum Gasteiger partial charge on any atom is -0.316 e. The van der Waals surface area contributed by atoms with Crippen molar-refractivity contribution in [3.8, 4) is 0 Å². The number of nitrogens with one attached hydrogen (secondary N) is 1. The predicted molar refractivity (Wildman–Crippen MR) is 36.0 cm³/mol. The van der Waals surface area contributed by atoms with Crippen LogP contribution in [0.25, 0.3) is 0 Å². The summed E-state index contributed by atoms with van der Waals surface area (Å²) in [7, 11) is 0. The van der Waals surface area contributed by atoms with E-state index in [2.05, 4.69) is 10.3 Å². The van der Waals surface area contributed by atoms with Crippen LogP contribution in [-0.4, -0.2) is 18.8 Å². The minimum absolute atomic E-state index is 0. The van der Waals surface area contributed by atoms with E-state index in [0.29, 0.717) is 6.54 Å². The summed E-state index contributed by atoms with van der Waals surface area (Å²) in [5, 5.41) is 2.39. The lowest BCUT2D eigenvalue weighted by molar-refractivity contribution is -0.117. The molecule has 1 aliphatic heterocycles. The predicted octanol–water partition coefficient (Wildman–Crippen LogP) is -0.0119. The molecule has 0 aromatic carbocycles. The van der Waals surface area contributed by atoms with E-state index < -0.39 is 0 Å². The smallest absolute Gasteiger partial charge is 0.246 e.